The maximum atomic E-state index is 14.7. The molecular formula is C11H12F4N2O2S. The Bertz CT molecular complexity index is 617. The lowest BCUT2D eigenvalue weighted by molar-refractivity contribution is -0.137. The van der Waals surface area contributed by atoms with Crippen molar-refractivity contribution in [2.45, 2.75) is 18.3 Å². The summed E-state index contributed by atoms with van der Waals surface area (Å²) < 4.78 is 75.4. The van der Waals surface area contributed by atoms with Crippen LogP contribution in [-0.2, 0) is 22.1 Å². The molecule has 0 aromatic heterocycles. The van der Waals surface area contributed by atoms with Crippen LogP contribution in [0, 0.1) is 0 Å². The summed E-state index contributed by atoms with van der Waals surface area (Å²) in [7, 11) is -4.05. The van der Waals surface area contributed by atoms with Crippen LogP contribution in [0.3, 0.4) is 0 Å². The van der Waals surface area contributed by atoms with E-state index in [1.165, 1.54) is 6.07 Å². The van der Waals surface area contributed by atoms with E-state index in [-0.39, 0.29) is 18.5 Å². The van der Waals surface area contributed by atoms with E-state index < -0.39 is 34.2 Å². The van der Waals surface area contributed by atoms with Gasteiger partial charge in [0.15, 0.2) is 5.67 Å². The number of hydrogen-bond acceptors (Lipinski definition) is 2. The Hall–Kier alpha value is -1.19. The van der Waals surface area contributed by atoms with Gasteiger partial charge in [-0.1, -0.05) is 12.1 Å². The SMILES string of the molecule is NS(=O)(=O)N1CCC(F)(c2cccc(C(F)(F)F)c2)C1. The quantitative estimate of drug-likeness (QED) is 0.846. The Kier molecular flexibility index (Phi) is 3.55. The highest BCUT2D eigenvalue weighted by Crippen LogP contribution is 2.39. The topological polar surface area (TPSA) is 63.4 Å². The van der Waals surface area contributed by atoms with Crippen LogP contribution in [0.25, 0.3) is 0 Å². The number of nitrogens with two attached hydrogens (primary N) is 1. The molecule has 2 N–H and O–H groups in total. The summed E-state index contributed by atoms with van der Waals surface area (Å²) in [5.74, 6) is 0. The minimum absolute atomic E-state index is 0.161. The van der Waals surface area contributed by atoms with Crippen LogP contribution in [0.5, 0.6) is 0 Å². The molecule has 1 aliphatic heterocycles. The summed E-state index contributed by atoms with van der Waals surface area (Å²) in [4.78, 5) is 0. The molecule has 4 nitrogen and oxygen atoms in total. The summed E-state index contributed by atoms with van der Waals surface area (Å²) in [6, 6.07) is 3.84. The summed E-state index contributed by atoms with van der Waals surface area (Å²) in [6.45, 7) is -0.737. The van der Waals surface area contributed by atoms with Gasteiger partial charge in [-0.25, -0.2) is 9.53 Å². The number of rotatable bonds is 2. The fourth-order valence-electron chi connectivity index (χ4n) is 2.17. The van der Waals surface area contributed by atoms with Crippen molar-refractivity contribution in [3.8, 4) is 0 Å². The van der Waals surface area contributed by atoms with Crippen LogP contribution >= 0.6 is 0 Å². The third kappa shape index (κ3) is 2.94. The Labute approximate surface area is 113 Å². The van der Waals surface area contributed by atoms with E-state index >= 15 is 0 Å². The summed E-state index contributed by atoms with van der Waals surface area (Å²) in [5, 5.41) is 4.89. The first-order valence-corrected chi connectivity index (χ1v) is 7.17. The smallest absolute Gasteiger partial charge is 0.237 e. The largest absolute Gasteiger partial charge is 0.416 e. The second-order valence-electron chi connectivity index (χ2n) is 4.67. The maximum Gasteiger partial charge on any atom is 0.416 e. The third-order valence-corrected chi connectivity index (χ3v) is 4.28. The molecule has 0 amide bonds. The molecular weight excluding hydrogens is 300 g/mol. The lowest BCUT2D eigenvalue weighted by Gasteiger charge is -2.21. The predicted octanol–water partition coefficient (Wildman–Crippen LogP) is 1.78. The summed E-state index contributed by atoms with van der Waals surface area (Å²) >= 11 is 0. The van der Waals surface area contributed by atoms with Gasteiger partial charge in [0.05, 0.1) is 12.1 Å². The van der Waals surface area contributed by atoms with Gasteiger partial charge in [-0.05, 0) is 17.7 Å². The molecule has 20 heavy (non-hydrogen) atoms. The van der Waals surface area contributed by atoms with Crippen LogP contribution in [-0.4, -0.2) is 25.8 Å². The summed E-state index contributed by atoms with van der Waals surface area (Å²) in [5.41, 5.74) is -3.33. The van der Waals surface area contributed by atoms with Crippen molar-refractivity contribution in [2.24, 2.45) is 5.14 Å². The van der Waals surface area contributed by atoms with E-state index in [1.54, 1.807) is 0 Å². The van der Waals surface area contributed by atoms with E-state index in [2.05, 4.69) is 0 Å². The fourth-order valence-corrected chi connectivity index (χ4v) is 2.90. The van der Waals surface area contributed by atoms with Gasteiger partial charge in [-0.2, -0.15) is 25.9 Å². The molecule has 1 atom stereocenters. The molecule has 9 heteroatoms. The first-order valence-electron chi connectivity index (χ1n) is 5.67. The van der Waals surface area contributed by atoms with Crippen molar-refractivity contribution in [2.75, 3.05) is 13.1 Å². The zero-order valence-electron chi connectivity index (χ0n) is 10.2. The van der Waals surface area contributed by atoms with Gasteiger partial charge in [0.25, 0.3) is 10.2 Å². The van der Waals surface area contributed by atoms with Crippen LogP contribution in [0.15, 0.2) is 24.3 Å². The molecule has 1 aliphatic rings. The first-order chi connectivity index (χ1) is 9.02. The zero-order valence-corrected chi connectivity index (χ0v) is 11.0. The zero-order chi connectivity index (χ0) is 15.2. The Morgan fingerprint density at radius 1 is 1.30 bits per heavy atom. The molecule has 1 fully saturated rings. The highest BCUT2D eigenvalue weighted by molar-refractivity contribution is 7.86. The second kappa shape index (κ2) is 4.68. The number of halogens is 4. The van der Waals surface area contributed by atoms with E-state index in [1.807, 2.05) is 0 Å². The highest BCUT2D eigenvalue weighted by atomic mass is 32.2. The van der Waals surface area contributed by atoms with Gasteiger partial charge in [0.1, 0.15) is 0 Å². The molecule has 0 radical (unpaired) electrons. The van der Waals surface area contributed by atoms with Crippen LogP contribution < -0.4 is 5.14 Å². The van der Waals surface area contributed by atoms with Crippen molar-refractivity contribution in [1.29, 1.82) is 0 Å². The number of hydrogen-bond donors (Lipinski definition) is 1. The average molecular weight is 312 g/mol. The molecule has 1 aromatic carbocycles. The minimum atomic E-state index is -4.58. The highest BCUT2D eigenvalue weighted by Gasteiger charge is 2.44. The molecule has 1 unspecified atom stereocenters. The number of benzene rings is 1. The van der Waals surface area contributed by atoms with Crippen molar-refractivity contribution < 1.29 is 26.0 Å². The molecule has 112 valence electrons. The minimum Gasteiger partial charge on any atom is -0.237 e. The average Bonchev–Trinajstić information content (AvgIpc) is 2.72. The van der Waals surface area contributed by atoms with Crippen molar-refractivity contribution >= 4 is 10.2 Å². The van der Waals surface area contributed by atoms with Gasteiger partial charge < -0.3 is 0 Å². The maximum absolute atomic E-state index is 14.7. The van der Waals surface area contributed by atoms with Crippen LogP contribution in [0.4, 0.5) is 17.6 Å². The van der Waals surface area contributed by atoms with Gasteiger partial charge in [0, 0.05) is 13.0 Å². The van der Waals surface area contributed by atoms with E-state index in [9.17, 15) is 26.0 Å². The molecule has 1 saturated heterocycles. The van der Waals surface area contributed by atoms with Crippen molar-refractivity contribution in [3.63, 3.8) is 0 Å². The Balaban J connectivity index is 2.33. The van der Waals surface area contributed by atoms with Crippen molar-refractivity contribution in [1.82, 2.24) is 4.31 Å². The molecule has 0 bridgehead atoms. The predicted molar refractivity (Wildman–Crippen MR) is 63.5 cm³/mol. The standard InChI is InChI=1S/C11H12F4N2O2S/c12-10(4-5-17(7-10)20(16,18)19)8-2-1-3-9(6-8)11(13,14)15/h1-3,6H,4-5,7H2,(H2,16,18,19). The molecule has 2 rings (SSSR count). The van der Waals surface area contributed by atoms with Crippen molar-refractivity contribution in [3.05, 3.63) is 35.4 Å². The molecule has 0 saturated carbocycles. The lowest BCUT2D eigenvalue weighted by Crippen LogP contribution is -2.36. The monoisotopic (exact) mass is 312 g/mol. The Morgan fingerprint density at radius 2 is 1.95 bits per heavy atom. The van der Waals surface area contributed by atoms with E-state index in [4.69, 9.17) is 5.14 Å². The van der Waals surface area contributed by atoms with E-state index in [0.29, 0.717) is 10.4 Å². The van der Waals surface area contributed by atoms with Crippen LogP contribution in [0.2, 0.25) is 0 Å². The number of nitrogens with zero attached hydrogens (tertiary/aromatic N) is 1. The Morgan fingerprint density at radius 3 is 2.45 bits per heavy atom. The first kappa shape index (κ1) is 15.2. The third-order valence-electron chi connectivity index (χ3n) is 3.25. The van der Waals surface area contributed by atoms with Gasteiger partial charge in [-0.3, -0.25) is 0 Å². The fraction of sp³-hybridized carbons (Fsp3) is 0.455. The number of alkyl halides is 4. The second-order valence-corrected chi connectivity index (χ2v) is 6.22. The molecule has 1 heterocycles. The molecule has 1 aromatic rings. The van der Waals surface area contributed by atoms with Gasteiger partial charge >= 0.3 is 6.18 Å². The summed E-state index contributed by atoms with van der Waals surface area (Å²) in [6.07, 6.45) is -4.81. The molecule has 0 aliphatic carbocycles. The lowest BCUT2D eigenvalue weighted by atomic mass is 9.93. The van der Waals surface area contributed by atoms with E-state index in [0.717, 1.165) is 12.1 Å². The van der Waals surface area contributed by atoms with Gasteiger partial charge in [0.2, 0.25) is 0 Å². The normalized spacial score (nSPS) is 25.1. The van der Waals surface area contributed by atoms with Crippen LogP contribution in [0.1, 0.15) is 17.5 Å². The molecule has 0 spiro atoms. The van der Waals surface area contributed by atoms with Gasteiger partial charge in [-0.15, -0.1) is 0 Å².